The van der Waals surface area contributed by atoms with Crippen molar-refractivity contribution >= 4 is 22.7 Å². The molecule has 0 aliphatic carbocycles. The van der Waals surface area contributed by atoms with Gasteiger partial charge in [-0.25, -0.2) is 0 Å². The second-order valence-electron chi connectivity index (χ2n) is 3.12. The molecule has 6 heteroatoms. The maximum atomic E-state index is 11.4. The molecule has 14 heavy (non-hydrogen) atoms. The van der Waals surface area contributed by atoms with Gasteiger partial charge in [-0.05, 0) is 0 Å². The van der Waals surface area contributed by atoms with Gasteiger partial charge in [0.15, 0.2) is 0 Å². The number of amides is 1. The first-order valence-corrected chi connectivity index (χ1v) is 5.93. The van der Waals surface area contributed by atoms with Crippen LogP contribution < -0.4 is 0 Å². The Hall–Kier alpha value is -0.910. The largest absolute Gasteiger partial charge is 0.481 e. The number of hydrogen-bond donors (Lipinski definition) is 1. The van der Waals surface area contributed by atoms with E-state index in [1.807, 2.05) is 0 Å². The summed E-state index contributed by atoms with van der Waals surface area (Å²) < 4.78 is 11.0. The van der Waals surface area contributed by atoms with Gasteiger partial charge in [-0.2, -0.15) is 0 Å². The zero-order chi connectivity index (χ0) is 10.6. The van der Waals surface area contributed by atoms with Crippen molar-refractivity contribution in [3.8, 4) is 0 Å². The molecule has 0 spiro atoms. The van der Waals surface area contributed by atoms with Crippen LogP contribution in [0, 0.1) is 0 Å². The molecule has 0 saturated carbocycles. The summed E-state index contributed by atoms with van der Waals surface area (Å²) >= 11 is 0. The lowest BCUT2D eigenvalue weighted by molar-refractivity contribution is -0.140. The summed E-state index contributed by atoms with van der Waals surface area (Å²) in [6, 6.07) is 0. The van der Waals surface area contributed by atoms with Crippen LogP contribution in [-0.4, -0.2) is 50.7 Å². The van der Waals surface area contributed by atoms with E-state index in [1.54, 1.807) is 4.90 Å². The van der Waals surface area contributed by atoms with E-state index in [1.165, 1.54) is 0 Å². The fraction of sp³-hybridized carbons (Fsp3) is 0.750. The number of carboxylic acids is 1. The first-order valence-electron chi connectivity index (χ1n) is 4.44. The third-order valence-electron chi connectivity index (χ3n) is 2.08. The van der Waals surface area contributed by atoms with Gasteiger partial charge < -0.3 is 10.0 Å². The predicted molar refractivity (Wildman–Crippen MR) is 51.3 cm³/mol. The Morgan fingerprint density at radius 3 is 2.29 bits per heavy atom. The van der Waals surface area contributed by atoms with Crippen LogP contribution in [0.3, 0.4) is 0 Å². The quantitative estimate of drug-likeness (QED) is 0.690. The number of carboxylic acid groups (broad SMARTS) is 1. The molecule has 80 valence electrons. The molecule has 0 aromatic heterocycles. The molecule has 0 aromatic rings. The van der Waals surface area contributed by atoms with E-state index in [-0.39, 0.29) is 18.7 Å². The molecule has 1 N–H and O–H groups in total. The van der Waals surface area contributed by atoms with Crippen LogP contribution in [0.2, 0.25) is 0 Å². The first kappa shape index (κ1) is 11.2. The standard InChI is InChI=1S/C8H13NO4S/c10-7(1-2-8(11)12)9-3-5-14(13)6-4-9/h1-6H2,(H,11,12). The average Bonchev–Trinajstić information content (AvgIpc) is 2.15. The van der Waals surface area contributed by atoms with E-state index in [0.717, 1.165) is 0 Å². The molecule has 1 heterocycles. The molecule has 1 saturated heterocycles. The normalized spacial score (nSPS) is 18.1. The van der Waals surface area contributed by atoms with Crippen LogP contribution in [-0.2, 0) is 20.4 Å². The van der Waals surface area contributed by atoms with E-state index < -0.39 is 16.8 Å². The molecule has 0 aromatic carbocycles. The summed E-state index contributed by atoms with van der Waals surface area (Å²) in [5.74, 6) is -0.0829. The molecular formula is C8H13NO4S. The summed E-state index contributed by atoms with van der Waals surface area (Å²) in [5, 5.41) is 8.38. The molecule has 1 aliphatic rings. The summed E-state index contributed by atoms with van der Waals surface area (Å²) in [6.45, 7) is 0.982. The SMILES string of the molecule is O=C(O)CCC(=O)N1CCS(=O)CC1. The van der Waals surface area contributed by atoms with Gasteiger partial charge in [-0.3, -0.25) is 13.8 Å². The van der Waals surface area contributed by atoms with Gasteiger partial charge in [0.05, 0.1) is 6.42 Å². The molecular weight excluding hydrogens is 206 g/mol. The summed E-state index contributed by atoms with van der Waals surface area (Å²) in [7, 11) is -0.800. The molecule has 1 amide bonds. The number of carbonyl (C=O) groups excluding carboxylic acids is 1. The molecule has 0 atom stereocenters. The Morgan fingerprint density at radius 1 is 1.21 bits per heavy atom. The summed E-state index contributed by atoms with van der Waals surface area (Å²) in [4.78, 5) is 23.2. The maximum Gasteiger partial charge on any atom is 0.303 e. The van der Waals surface area contributed by atoms with Crippen LogP contribution in [0.25, 0.3) is 0 Å². The third kappa shape index (κ3) is 3.45. The Balaban J connectivity index is 2.30. The highest BCUT2D eigenvalue weighted by atomic mass is 32.2. The lowest BCUT2D eigenvalue weighted by Crippen LogP contribution is -2.41. The number of nitrogens with zero attached hydrogens (tertiary/aromatic N) is 1. The Kier molecular flexibility index (Phi) is 4.06. The van der Waals surface area contributed by atoms with Crippen LogP contribution in [0.4, 0.5) is 0 Å². The van der Waals surface area contributed by atoms with Crippen molar-refractivity contribution in [1.82, 2.24) is 4.90 Å². The van der Waals surface area contributed by atoms with Crippen LogP contribution >= 0.6 is 0 Å². The minimum absolute atomic E-state index is 0.0436. The molecule has 5 nitrogen and oxygen atoms in total. The zero-order valence-corrected chi connectivity index (χ0v) is 8.59. The van der Waals surface area contributed by atoms with Crippen molar-refractivity contribution in [3.05, 3.63) is 0 Å². The van der Waals surface area contributed by atoms with Crippen molar-refractivity contribution in [2.45, 2.75) is 12.8 Å². The molecule has 1 rings (SSSR count). The highest BCUT2D eigenvalue weighted by molar-refractivity contribution is 7.85. The number of hydrogen-bond acceptors (Lipinski definition) is 3. The lowest BCUT2D eigenvalue weighted by Gasteiger charge is -2.26. The molecule has 0 bridgehead atoms. The van der Waals surface area contributed by atoms with Gasteiger partial charge in [-0.1, -0.05) is 0 Å². The van der Waals surface area contributed by atoms with E-state index in [2.05, 4.69) is 0 Å². The zero-order valence-electron chi connectivity index (χ0n) is 7.77. The fourth-order valence-corrected chi connectivity index (χ4v) is 2.31. The van der Waals surface area contributed by atoms with Gasteiger partial charge in [0, 0.05) is 41.8 Å². The number of carbonyl (C=O) groups is 2. The monoisotopic (exact) mass is 219 g/mol. The topological polar surface area (TPSA) is 74.7 Å². The van der Waals surface area contributed by atoms with Crippen LogP contribution in [0.15, 0.2) is 0 Å². The minimum Gasteiger partial charge on any atom is -0.481 e. The van der Waals surface area contributed by atoms with E-state index >= 15 is 0 Å². The Bertz CT molecular complexity index is 256. The molecule has 1 aliphatic heterocycles. The molecule has 1 fully saturated rings. The highest BCUT2D eigenvalue weighted by Crippen LogP contribution is 2.03. The molecule has 0 radical (unpaired) electrons. The number of aliphatic carboxylic acids is 1. The minimum atomic E-state index is -0.959. The summed E-state index contributed by atoms with van der Waals surface area (Å²) in [6.07, 6.45) is -0.0829. The molecule has 0 unspecified atom stereocenters. The van der Waals surface area contributed by atoms with Crippen molar-refractivity contribution in [1.29, 1.82) is 0 Å². The average molecular weight is 219 g/mol. The number of rotatable bonds is 3. The first-order chi connectivity index (χ1) is 6.59. The second-order valence-corrected chi connectivity index (χ2v) is 4.82. The second kappa shape index (κ2) is 5.09. The van der Waals surface area contributed by atoms with E-state index in [9.17, 15) is 13.8 Å². The van der Waals surface area contributed by atoms with Gasteiger partial charge in [-0.15, -0.1) is 0 Å². The Labute approximate surface area is 84.5 Å². The highest BCUT2D eigenvalue weighted by Gasteiger charge is 2.19. The van der Waals surface area contributed by atoms with Crippen molar-refractivity contribution in [2.24, 2.45) is 0 Å². The third-order valence-corrected chi connectivity index (χ3v) is 3.36. The van der Waals surface area contributed by atoms with Crippen molar-refractivity contribution < 1.29 is 18.9 Å². The van der Waals surface area contributed by atoms with Gasteiger partial charge in [0.25, 0.3) is 0 Å². The van der Waals surface area contributed by atoms with Gasteiger partial charge in [0.2, 0.25) is 5.91 Å². The Morgan fingerprint density at radius 2 is 1.79 bits per heavy atom. The summed E-state index contributed by atoms with van der Waals surface area (Å²) in [5.41, 5.74) is 0. The van der Waals surface area contributed by atoms with Gasteiger partial charge in [0.1, 0.15) is 0 Å². The maximum absolute atomic E-state index is 11.4. The van der Waals surface area contributed by atoms with Crippen LogP contribution in [0.5, 0.6) is 0 Å². The van der Waals surface area contributed by atoms with Gasteiger partial charge >= 0.3 is 5.97 Å². The van der Waals surface area contributed by atoms with E-state index in [0.29, 0.717) is 24.6 Å². The van der Waals surface area contributed by atoms with Crippen LogP contribution in [0.1, 0.15) is 12.8 Å². The van der Waals surface area contributed by atoms with Crippen molar-refractivity contribution in [3.63, 3.8) is 0 Å². The predicted octanol–water partition coefficient (Wildman–Crippen LogP) is -0.558. The smallest absolute Gasteiger partial charge is 0.303 e. The van der Waals surface area contributed by atoms with Crippen molar-refractivity contribution in [2.75, 3.05) is 24.6 Å². The lowest BCUT2D eigenvalue weighted by atomic mass is 10.3. The fourth-order valence-electron chi connectivity index (χ4n) is 1.26. The van der Waals surface area contributed by atoms with E-state index in [4.69, 9.17) is 5.11 Å².